The van der Waals surface area contributed by atoms with Crippen molar-refractivity contribution in [2.75, 3.05) is 13.2 Å². The lowest BCUT2D eigenvalue weighted by molar-refractivity contribution is -0.150. The number of hydrogen-bond acceptors (Lipinski definition) is 6. The number of para-hydroxylation sites is 1. The molecular formula is C15H16N2O6. The Morgan fingerprint density at radius 3 is 2.61 bits per heavy atom. The van der Waals surface area contributed by atoms with Crippen LogP contribution in [-0.4, -0.2) is 43.4 Å². The molecule has 0 unspecified atom stereocenters. The van der Waals surface area contributed by atoms with Gasteiger partial charge in [0.15, 0.2) is 19.5 Å². The van der Waals surface area contributed by atoms with Gasteiger partial charge in [0.25, 0.3) is 5.91 Å². The van der Waals surface area contributed by atoms with Crippen molar-refractivity contribution in [2.24, 2.45) is 0 Å². The fourth-order valence-electron chi connectivity index (χ4n) is 1.65. The van der Waals surface area contributed by atoms with Crippen molar-refractivity contribution in [1.29, 1.82) is 0 Å². The van der Waals surface area contributed by atoms with Crippen LogP contribution in [0.1, 0.15) is 23.2 Å². The fraction of sp³-hybridized carbons (Fsp3) is 0.333. The molecule has 0 saturated heterocycles. The topological polar surface area (TPSA) is 111 Å². The Morgan fingerprint density at radius 2 is 1.91 bits per heavy atom. The van der Waals surface area contributed by atoms with Crippen LogP contribution in [0.2, 0.25) is 0 Å². The van der Waals surface area contributed by atoms with Gasteiger partial charge in [-0.05, 0) is 25.0 Å². The van der Waals surface area contributed by atoms with Gasteiger partial charge in [0.2, 0.25) is 0 Å². The Kier molecular flexibility index (Phi) is 5.67. The summed E-state index contributed by atoms with van der Waals surface area (Å²) < 4.78 is 9.82. The second-order valence-corrected chi connectivity index (χ2v) is 4.90. The van der Waals surface area contributed by atoms with E-state index in [2.05, 4.69) is 10.1 Å². The number of carbonyl (C=O) groups excluding carboxylic acids is 4. The number of nitrogens with one attached hydrogen (secondary N) is 2. The molecule has 1 fully saturated rings. The number of carbonyl (C=O) groups is 4. The second-order valence-electron chi connectivity index (χ2n) is 4.90. The molecule has 0 atom stereocenters. The Bertz CT molecular complexity index is 612. The first-order valence-electron chi connectivity index (χ1n) is 7.01. The number of hydrogen-bond donors (Lipinski definition) is 2. The van der Waals surface area contributed by atoms with Crippen LogP contribution in [0, 0.1) is 0 Å². The van der Waals surface area contributed by atoms with E-state index in [4.69, 9.17) is 4.74 Å². The molecule has 1 aromatic rings. The van der Waals surface area contributed by atoms with Crippen LogP contribution in [0.3, 0.4) is 0 Å². The SMILES string of the molecule is O=Cc1ccccc1OCC(=O)OCC(=O)NC(=O)NC1CC1. The monoisotopic (exact) mass is 320 g/mol. The first kappa shape index (κ1) is 16.5. The smallest absolute Gasteiger partial charge is 0.344 e. The lowest BCUT2D eigenvalue weighted by Crippen LogP contribution is -2.42. The van der Waals surface area contributed by atoms with Crippen LogP contribution in [0.4, 0.5) is 4.79 Å². The number of urea groups is 1. The molecule has 122 valence electrons. The number of benzene rings is 1. The third-order valence-electron chi connectivity index (χ3n) is 2.92. The molecule has 8 nitrogen and oxygen atoms in total. The number of ether oxygens (including phenoxy) is 2. The van der Waals surface area contributed by atoms with Crippen molar-refractivity contribution in [3.8, 4) is 5.75 Å². The van der Waals surface area contributed by atoms with Gasteiger partial charge in [0.05, 0.1) is 5.56 Å². The molecule has 0 radical (unpaired) electrons. The zero-order valence-corrected chi connectivity index (χ0v) is 12.2. The highest BCUT2D eigenvalue weighted by Crippen LogP contribution is 2.18. The van der Waals surface area contributed by atoms with Gasteiger partial charge in [-0.1, -0.05) is 12.1 Å². The number of amides is 3. The van der Waals surface area contributed by atoms with Crippen LogP contribution in [0.15, 0.2) is 24.3 Å². The van der Waals surface area contributed by atoms with E-state index >= 15 is 0 Å². The van der Waals surface area contributed by atoms with E-state index in [-0.39, 0.29) is 11.8 Å². The van der Waals surface area contributed by atoms with E-state index in [0.29, 0.717) is 11.8 Å². The molecule has 1 aliphatic carbocycles. The molecule has 1 aliphatic rings. The summed E-state index contributed by atoms with van der Waals surface area (Å²) in [5.41, 5.74) is 0.301. The van der Waals surface area contributed by atoms with E-state index in [9.17, 15) is 19.2 Å². The lowest BCUT2D eigenvalue weighted by atomic mass is 10.2. The van der Waals surface area contributed by atoms with Gasteiger partial charge in [-0.2, -0.15) is 0 Å². The first-order valence-corrected chi connectivity index (χ1v) is 7.01. The van der Waals surface area contributed by atoms with Gasteiger partial charge < -0.3 is 14.8 Å². The van der Waals surface area contributed by atoms with Crippen LogP contribution in [-0.2, 0) is 14.3 Å². The first-order chi connectivity index (χ1) is 11.1. The zero-order chi connectivity index (χ0) is 16.7. The number of imide groups is 1. The summed E-state index contributed by atoms with van der Waals surface area (Å²) in [7, 11) is 0. The molecule has 0 aliphatic heterocycles. The van der Waals surface area contributed by atoms with E-state index in [0.717, 1.165) is 12.8 Å². The molecule has 8 heteroatoms. The molecule has 2 rings (SSSR count). The number of rotatable bonds is 7. The Balaban J connectivity index is 1.67. The molecule has 0 heterocycles. The summed E-state index contributed by atoms with van der Waals surface area (Å²) in [6, 6.07) is 5.90. The Morgan fingerprint density at radius 1 is 1.17 bits per heavy atom. The molecule has 1 aromatic carbocycles. The van der Waals surface area contributed by atoms with Gasteiger partial charge in [-0.25, -0.2) is 9.59 Å². The Hall–Kier alpha value is -2.90. The van der Waals surface area contributed by atoms with Crippen molar-refractivity contribution < 1.29 is 28.7 Å². The van der Waals surface area contributed by atoms with E-state index < -0.39 is 31.1 Å². The van der Waals surface area contributed by atoms with Gasteiger partial charge in [-0.15, -0.1) is 0 Å². The third-order valence-corrected chi connectivity index (χ3v) is 2.92. The maximum atomic E-state index is 11.5. The van der Waals surface area contributed by atoms with Crippen LogP contribution in [0.25, 0.3) is 0 Å². The average Bonchev–Trinajstić information content (AvgIpc) is 3.34. The molecule has 2 N–H and O–H groups in total. The molecule has 3 amide bonds. The van der Waals surface area contributed by atoms with Gasteiger partial charge in [0.1, 0.15) is 5.75 Å². The maximum Gasteiger partial charge on any atom is 0.344 e. The van der Waals surface area contributed by atoms with Gasteiger partial charge in [-0.3, -0.25) is 14.9 Å². The van der Waals surface area contributed by atoms with Crippen LogP contribution in [0.5, 0.6) is 5.75 Å². The summed E-state index contributed by atoms with van der Waals surface area (Å²) in [5, 5.41) is 4.61. The van der Waals surface area contributed by atoms with Crippen molar-refractivity contribution in [3.63, 3.8) is 0 Å². The largest absolute Gasteiger partial charge is 0.481 e. The fourth-order valence-corrected chi connectivity index (χ4v) is 1.65. The second kappa shape index (κ2) is 7.92. The molecular weight excluding hydrogens is 304 g/mol. The highest BCUT2D eigenvalue weighted by molar-refractivity contribution is 5.95. The molecule has 23 heavy (non-hydrogen) atoms. The highest BCUT2D eigenvalue weighted by Gasteiger charge is 2.24. The highest BCUT2D eigenvalue weighted by atomic mass is 16.6. The van der Waals surface area contributed by atoms with Crippen molar-refractivity contribution >= 4 is 24.2 Å². The van der Waals surface area contributed by atoms with Crippen LogP contribution < -0.4 is 15.4 Å². The minimum atomic E-state index is -0.788. The summed E-state index contributed by atoms with van der Waals surface area (Å²) in [6.07, 6.45) is 2.40. The Labute approximate surface area is 132 Å². The predicted molar refractivity (Wildman–Crippen MR) is 78.0 cm³/mol. The standard InChI is InChI=1S/C15H16N2O6/c18-7-10-3-1-2-4-12(10)22-9-14(20)23-8-13(19)17-15(21)16-11-5-6-11/h1-4,7,11H,5-6,8-9H2,(H2,16,17,19,21). The summed E-state index contributed by atoms with van der Waals surface area (Å²) in [6.45, 7) is -1.04. The van der Waals surface area contributed by atoms with E-state index in [1.165, 1.54) is 6.07 Å². The van der Waals surface area contributed by atoms with Crippen molar-refractivity contribution in [2.45, 2.75) is 18.9 Å². The zero-order valence-electron chi connectivity index (χ0n) is 12.2. The van der Waals surface area contributed by atoms with Gasteiger partial charge in [0, 0.05) is 6.04 Å². The van der Waals surface area contributed by atoms with Gasteiger partial charge >= 0.3 is 12.0 Å². The normalized spacial score (nSPS) is 12.9. The minimum Gasteiger partial charge on any atom is -0.481 e. The quantitative estimate of drug-likeness (QED) is 0.556. The lowest BCUT2D eigenvalue weighted by Gasteiger charge is -2.08. The van der Waals surface area contributed by atoms with Crippen molar-refractivity contribution in [3.05, 3.63) is 29.8 Å². The molecule has 0 aromatic heterocycles. The van der Waals surface area contributed by atoms with Crippen LogP contribution >= 0.6 is 0 Å². The maximum absolute atomic E-state index is 11.5. The number of esters is 1. The average molecular weight is 320 g/mol. The molecule has 1 saturated carbocycles. The van der Waals surface area contributed by atoms with E-state index in [1.54, 1.807) is 18.2 Å². The van der Waals surface area contributed by atoms with E-state index in [1.807, 2.05) is 5.32 Å². The third kappa shape index (κ3) is 5.77. The summed E-state index contributed by atoms with van der Waals surface area (Å²) in [4.78, 5) is 44.9. The number of aldehydes is 1. The minimum absolute atomic E-state index is 0.122. The molecule has 0 spiro atoms. The summed E-state index contributed by atoms with van der Waals surface area (Å²) >= 11 is 0. The summed E-state index contributed by atoms with van der Waals surface area (Å²) in [5.74, 6) is -1.28. The molecule has 0 bridgehead atoms. The predicted octanol–water partition coefficient (Wildman–Crippen LogP) is 0.409. The van der Waals surface area contributed by atoms with Crippen molar-refractivity contribution in [1.82, 2.24) is 10.6 Å².